The van der Waals surface area contributed by atoms with Crippen LogP contribution in [0.15, 0.2) is 35.3 Å². The van der Waals surface area contributed by atoms with Crippen LogP contribution in [-0.4, -0.2) is 76.2 Å². The Hall–Kier alpha value is -1.63. The van der Waals surface area contributed by atoms with Gasteiger partial charge < -0.3 is 24.4 Å². The molecule has 0 saturated carbocycles. The van der Waals surface area contributed by atoms with Crippen LogP contribution < -0.4 is 5.32 Å². The molecule has 174 valence electrons. The van der Waals surface area contributed by atoms with Crippen molar-refractivity contribution in [2.45, 2.75) is 63.6 Å². The van der Waals surface area contributed by atoms with Gasteiger partial charge in [-0.1, -0.05) is 30.3 Å². The fraction of sp³-hybridized carbons (Fsp3) is 0.720. The summed E-state index contributed by atoms with van der Waals surface area (Å²) in [7, 11) is 1.87. The maximum Gasteiger partial charge on any atom is 0.193 e. The van der Waals surface area contributed by atoms with E-state index >= 15 is 0 Å². The quantitative estimate of drug-likeness (QED) is 0.329. The highest BCUT2D eigenvalue weighted by Gasteiger charge is 2.23. The predicted molar refractivity (Wildman–Crippen MR) is 126 cm³/mol. The summed E-state index contributed by atoms with van der Waals surface area (Å²) >= 11 is 0. The fourth-order valence-corrected chi connectivity index (χ4v) is 4.21. The van der Waals surface area contributed by atoms with Crippen LogP contribution >= 0.6 is 0 Å². The van der Waals surface area contributed by atoms with Gasteiger partial charge in [-0.25, -0.2) is 0 Å². The Balaban J connectivity index is 1.19. The van der Waals surface area contributed by atoms with E-state index in [2.05, 4.69) is 45.5 Å². The Labute approximate surface area is 188 Å². The topological polar surface area (TPSA) is 55.3 Å². The number of piperidine rings is 1. The number of nitrogens with zero attached hydrogens (tertiary/aromatic N) is 2. The molecule has 0 bridgehead atoms. The summed E-state index contributed by atoms with van der Waals surface area (Å²) in [4.78, 5) is 6.83. The van der Waals surface area contributed by atoms with Gasteiger partial charge in [0.05, 0.1) is 25.4 Å². The molecule has 0 aliphatic carbocycles. The standard InChI is InChI=1S/C25H41N3O3/c1-26-25(27-15-6-8-18-29-20-14-22-9-3-2-4-10-22)28-16-12-23(13-17-28)31-21-24-11-5-7-19-30-24/h2-4,9-10,23-24H,5-8,11-21H2,1H3,(H,26,27). The van der Waals surface area contributed by atoms with E-state index in [4.69, 9.17) is 14.2 Å². The second-order valence-electron chi connectivity index (χ2n) is 8.54. The number of unbranched alkanes of at least 4 members (excludes halogenated alkanes) is 1. The van der Waals surface area contributed by atoms with Gasteiger partial charge in [0.1, 0.15) is 0 Å². The zero-order valence-corrected chi connectivity index (χ0v) is 19.3. The Morgan fingerprint density at radius 2 is 1.94 bits per heavy atom. The summed E-state index contributed by atoms with van der Waals surface area (Å²) < 4.78 is 17.7. The summed E-state index contributed by atoms with van der Waals surface area (Å²) in [6.45, 7) is 6.20. The Bertz CT molecular complexity index is 612. The zero-order chi connectivity index (χ0) is 21.6. The lowest BCUT2D eigenvalue weighted by Gasteiger charge is -2.35. The molecule has 1 atom stereocenters. The molecule has 0 spiro atoms. The summed E-state index contributed by atoms with van der Waals surface area (Å²) in [5, 5.41) is 3.51. The lowest BCUT2D eigenvalue weighted by Crippen LogP contribution is -2.47. The third-order valence-corrected chi connectivity index (χ3v) is 6.12. The maximum absolute atomic E-state index is 6.13. The van der Waals surface area contributed by atoms with Crippen molar-refractivity contribution in [3.8, 4) is 0 Å². The van der Waals surface area contributed by atoms with Crippen molar-refractivity contribution in [2.24, 2.45) is 4.99 Å². The first kappa shape index (κ1) is 24.0. The van der Waals surface area contributed by atoms with Crippen LogP contribution in [-0.2, 0) is 20.6 Å². The summed E-state index contributed by atoms with van der Waals surface area (Å²) in [6, 6.07) is 10.5. The number of nitrogens with one attached hydrogen (secondary N) is 1. The van der Waals surface area contributed by atoms with Crippen LogP contribution in [0.25, 0.3) is 0 Å². The predicted octanol–water partition coefficient (Wildman–Crippen LogP) is 3.65. The maximum atomic E-state index is 6.13. The van der Waals surface area contributed by atoms with Gasteiger partial charge in [0.2, 0.25) is 0 Å². The smallest absolute Gasteiger partial charge is 0.193 e. The van der Waals surface area contributed by atoms with Gasteiger partial charge in [0.25, 0.3) is 0 Å². The van der Waals surface area contributed by atoms with Crippen molar-refractivity contribution in [1.82, 2.24) is 10.2 Å². The van der Waals surface area contributed by atoms with E-state index in [1.54, 1.807) is 0 Å². The lowest BCUT2D eigenvalue weighted by molar-refractivity contribution is -0.0721. The summed E-state index contributed by atoms with van der Waals surface area (Å²) in [5.41, 5.74) is 1.34. The average molecular weight is 432 g/mol. The Kier molecular flexibility index (Phi) is 11.2. The second kappa shape index (κ2) is 14.4. The van der Waals surface area contributed by atoms with Crippen LogP contribution in [0, 0.1) is 0 Å². The highest BCUT2D eigenvalue weighted by Crippen LogP contribution is 2.18. The molecule has 0 aromatic heterocycles. The largest absolute Gasteiger partial charge is 0.381 e. The molecule has 2 fully saturated rings. The first-order chi connectivity index (χ1) is 15.3. The summed E-state index contributed by atoms with van der Waals surface area (Å²) in [5.74, 6) is 1.01. The van der Waals surface area contributed by atoms with Gasteiger partial charge in [-0.05, 0) is 56.9 Å². The van der Waals surface area contributed by atoms with Crippen LogP contribution in [0.1, 0.15) is 50.5 Å². The van der Waals surface area contributed by atoms with E-state index < -0.39 is 0 Å². The average Bonchev–Trinajstić information content (AvgIpc) is 2.84. The molecule has 1 unspecified atom stereocenters. The van der Waals surface area contributed by atoms with E-state index in [1.807, 2.05) is 7.05 Å². The molecular weight excluding hydrogens is 390 g/mol. The van der Waals surface area contributed by atoms with Crippen molar-refractivity contribution >= 4 is 5.96 Å². The SMILES string of the molecule is CN=C(NCCCCOCCc1ccccc1)N1CCC(OCC2CCCCO2)CC1. The minimum atomic E-state index is 0.309. The molecule has 3 rings (SSSR count). The fourth-order valence-electron chi connectivity index (χ4n) is 4.21. The first-order valence-corrected chi connectivity index (χ1v) is 12.2. The van der Waals surface area contributed by atoms with Gasteiger partial charge in [-0.2, -0.15) is 0 Å². The molecule has 0 radical (unpaired) electrons. The number of guanidine groups is 1. The van der Waals surface area contributed by atoms with E-state index in [0.29, 0.717) is 12.2 Å². The number of hydrogen-bond donors (Lipinski definition) is 1. The van der Waals surface area contributed by atoms with Gasteiger partial charge >= 0.3 is 0 Å². The highest BCUT2D eigenvalue weighted by molar-refractivity contribution is 5.79. The van der Waals surface area contributed by atoms with Crippen molar-refractivity contribution in [1.29, 1.82) is 0 Å². The number of ether oxygens (including phenoxy) is 3. The molecule has 1 aromatic rings. The molecule has 2 aliphatic heterocycles. The molecule has 2 aliphatic rings. The molecule has 1 aromatic carbocycles. The van der Waals surface area contributed by atoms with Crippen LogP contribution in [0.5, 0.6) is 0 Å². The zero-order valence-electron chi connectivity index (χ0n) is 19.3. The van der Waals surface area contributed by atoms with Gasteiger partial charge in [0.15, 0.2) is 5.96 Å². The number of rotatable bonds is 11. The van der Waals surface area contributed by atoms with Crippen molar-refractivity contribution in [2.75, 3.05) is 53.1 Å². The molecule has 6 nitrogen and oxygen atoms in total. The van der Waals surface area contributed by atoms with Gasteiger partial charge in [-0.3, -0.25) is 4.99 Å². The third-order valence-electron chi connectivity index (χ3n) is 6.12. The van der Waals surface area contributed by atoms with E-state index in [0.717, 1.165) is 90.5 Å². The molecule has 0 amide bonds. The first-order valence-electron chi connectivity index (χ1n) is 12.2. The number of hydrogen-bond acceptors (Lipinski definition) is 4. The number of aliphatic imine (C=N–C) groups is 1. The highest BCUT2D eigenvalue weighted by atomic mass is 16.5. The molecule has 6 heteroatoms. The molecule has 1 N–H and O–H groups in total. The van der Waals surface area contributed by atoms with Crippen LogP contribution in [0.2, 0.25) is 0 Å². The van der Waals surface area contributed by atoms with Crippen molar-refractivity contribution in [3.05, 3.63) is 35.9 Å². The molecule has 2 heterocycles. The minimum absolute atomic E-state index is 0.309. The third kappa shape index (κ3) is 9.17. The Morgan fingerprint density at radius 1 is 1.10 bits per heavy atom. The number of likely N-dealkylation sites (tertiary alicyclic amines) is 1. The molecule has 31 heavy (non-hydrogen) atoms. The van der Waals surface area contributed by atoms with E-state index in [1.165, 1.54) is 18.4 Å². The minimum Gasteiger partial charge on any atom is -0.381 e. The van der Waals surface area contributed by atoms with Crippen LogP contribution in [0.3, 0.4) is 0 Å². The van der Waals surface area contributed by atoms with Crippen molar-refractivity contribution < 1.29 is 14.2 Å². The normalized spacial score (nSPS) is 20.7. The van der Waals surface area contributed by atoms with Crippen molar-refractivity contribution in [3.63, 3.8) is 0 Å². The molecule has 2 saturated heterocycles. The Morgan fingerprint density at radius 3 is 2.68 bits per heavy atom. The number of benzene rings is 1. The second-order valence-corrected chi connectivity index (χ2v) is 8.54. The van der Waals surface area contributed by atoms with E-state index in [9.17, 15) is 0 Å². The van der Waals surface area contributed by atoms with E-state index in [-0.39, 0.29) is 0 Å². The lowest BCUT2D eigenvalue weighted by atomic mass is 10.1. The summed E-state index contributed by atoms with van der Waals surface area (Å²) in [6.07, 6.45) is 9.54. The van der Waals surface area contributed by atoms with Gasteiger partial charge in [-0.15, -0.1) is 0 Å². The molecular formula is C25H41N3O3. The monoisotopic (exact) mass is 431 g/mol. The van der Waals surface area contributed by atoms with Crippen LogP contribution in [0.4, 0.5) is 0 Å². The van der Waals surface area contributed by atoms with Gasteiger partial charge in [0, 0.05) is 39.9 Å².